The highest BCUT2D eigenvalue weighted by atomic mass is 32.2. The van der Waals surface area contributed by atoms with E-state index < -0.39 is 0 Å². The van der Waals surface area contributed by atoms with Gasteiger partial charge < -0.3 is 10.3 Å². The summed E-state index contributed by atoms with van der Waals surface area (Å²) >= 11 is 1.45. The summed E-state index contributed by atoms with van der Waals surface area (Å²) in [6, 6.07) is 6.11. The smallest absolute Gasteiger partial charge is 0.244 e. The summed E-state index contributed by atoms with van der Waals surface area (Å²) in [4.78, 5) is 5.13. The molecule has 1 heterocycles. The van der Waals surface area contributed by atoms with E-state index >= 15 is 0 Å². The summed E-state index contributed by atoms with van der Waals surface area (Å²) in [5.41, 5.74) is 5.92. The molecule has 0 amide bonds. The Balaban J connectivity index is 2.00. The quantitative estimate of drug-likeness (QED) is 0.874. The van der Waals surface area contributed by atoms with E-state index in [1.807, 2.05) is 26.8 Å². The normalized spacial score (nSPS) is 13.4. The van der Waals surface area contributed by atoms with Crippen LogP contribution in [-0.2, 0) is 5.75 Å². The maximum atomic E-state index is 13.1. The number of thioether (sulfide) groups is 1. The molecule has 1 aromatic carbocycles. The van der Waals surface area contributed by atoms with Crippen LogP contribution in [0.25, 0.3) is 0 Å². The van der Waals surface area contributed by atoms with E-state index in [0.717, 1.165) is 4.90 Å². The minimum atomic E-state index is -0.303. The standard InChI is InChI=1S/C14H18FN3OS/c1-14(2,3)12(16)13-17-11(18-19-13)8-20-10-6-4-5-9(15)7-10/h4-7,12H,8,16H2,1-3H3. The monoisotopic (exact) mass is 295 g/mol. The topological polar surface area (TPSA) is 64.9 Å². The molecule has 6 heteroatoms. The average molecular weight is 295 g/mol. The van der Waals surface area contributed by atoms with Crippen LogP contribution < -0.4 is 5.73 Å². The van der Waals surface area contributed by atoms with E-state index in [2.05, 4.69) is 10.1 Å². The first-order valence-electron chi connectivity index (χ1n) is 6.32. The lowest BCUT2D eigenvalue weighted by Gasteiger charge is -2.23. The molecule has 108 valence electrons. The van der Waals surface area contributed by atoms with Crippen molar-refractivity contribution < 1.29 is 8.91 Å². The van der Waals surface area contributed by atoms with Gasteiger partial charge >= 0.3 is 0 Å². The molecule has 4 nitrogen and oxygen atoms in total. The highest BCUT2D eigenvalue weighted by molar-refractivity contribution is 7.98. The van der Waals surface area contributed by atoms with Crippen LogP contribution in [0.5, 0.6) is 0 Å². The van der Waals surface area contributed by atoms with Crippen LogP contribution in [0.2, 0.25) is 0 Å². The summed E-state index contributed by atoms with van der Waals surface area (Å²) in [7, 11) is 0. The summed E-state index contributed by atoms with van der Waals surface area (Å²) in [5.74, 6) is 1.27. The van der Waals surface area contributed by atoms with Crippen molar-refractivity contribution in [1.82, 2.24) is 10.1 Å². The molecular weight excluding hydrogens is 277 g/mol. The molecule has 0 saturated carbocycles. The van der Waals surface area contributed by atoms with Crippen LogP contribution in [-0.4, -0.2) is 10.1 Å². The van der Waals surface area contributed by atoms with Crippen molar-refractivity contribution in [3.05, 3.63) is 41.8 Å². The SMILES string of the molecule is CC(C)(C)C(N)c1nc(CSc2cccc(F)c2)no1. The van der Waals surface area contributed by atoms with Crippen LogP contribution in [0.3, 0.4) is 0 Å². The van der Waals surface area contributed by atoms with Crippen molar-refractivity contribution in [2.24, 2.45) is 11.1 Å². The van der Waals surface area contributed by atoms with E-state index in [1.165, 1.54) is 23.9 Å². The molecule has 0 fully saturated rings. The van der Waals surface area contributed by atoms with Crippen molar-refractivity contribution >= 4 is 11.8 Å². The van der Waals surface area contributed by atoms with Crippen LogP contribution in [0.1, 0.15) is 38.5 Å². The van der Waals surface area contributed by atoms with Crippen molar-refractivity contribution in [1.29, 1.82) is 0 Å². The number of nitrogens with two attached hydrogens (primary N) is 1. The maximum Gasteiger partial charge on any atom is 0.244 e. The minimum absolute atomic E-state index is 0.139. The third-order valence-electron chi connectivity index (χ3n) is 2.85. The average Bonchev–Trinajstić information content (AvgIpc) is 2.83. The molecule has 2 N–H and O–H groups in total. The molecule has 20 heavy (non-hydrogen) atoms. The number of hydrogen-bond donors (Lipinski definition) is 1. The Kier molecular flexibility index (Phi) is 4.45. The fourth-order valence-electron chi connectivity index (χ4n) is 1.53. The highest BCUT2D eigenvalue weighted by Gasteiger charge is 2.27. The van der Waals surface area contributed by atoms with Gasteiger partial charge in [-0.05, 0) is 23.6 Å². The van der Waals surface area contributed by atoms with E-state index in [4.69, 9.17) is 10.3 Å². The second-order valence-corrected chi connectivity index (χ2v) is 6.69. The highest BCUT2D eigenvalue weighted by Crippen LogP contribution is 2.30. The Labute approximate surface area is 121 Å². The van der Waals surface area contributed by atoms with Gasteiger partial charge in [0.25, 0.3) is 0 Å². The maximum absolute atomic E-state index is 13.1. The third-order valence-corrected chi connectivity index (χ3v) is 3.84. The lowest BCUT2D eigenvalue weighted by molar-refractivity contribution is 0.252. The van der Waals surface area contributed by atoms with Crippen molar-refractivity contribution in [3.8, 4) is 0 Å². The molecule has 0 saturated heterocycles. The number of benzene rings is 1. The number of aromatic nitrogens is 2. The molecule has 0 bridgehead atoms. The molecule has 0 aliphatic heterocycles. The summed E-state index contributed by atoms with van der Waals surface area (Å²) in [5, 5.41) is 3.91. The van der Waals surface area contributed by atoms with E-state index in [9.17, 15) is 4.39 Å². The molecule has 2 rings (SSSR count). The van der Waals surface area contributed by atoms with E-state index in [-0.39, 0.29) is 17.3 Å². The molecule has 2 aromatic rings. The summed E-state index contributed by atoms with van der Waals surface area (Å²) in [6.07, 6.45) is 0. The minimum Gasteiger partial charge on any atom is -0.338 e. The summed E-state index contributed by atoms with van der Waals surface area (Å²) in [6.45, 7) is 6.05. The van der Waals surface area contributed by atoms with Crippen LogP contribution in [0.15, 0.2) is 33.7 Å². The zero-order chi connectivity index (χ0) is 14.8. The predicted octanol–water partition coefficient (Wildman–Crippen LogP) is 3.55. The van der Waals surface area contributed by atoms with Gasteiger partial charge in [-0.3, -0.25) is 0 Å². The van der Waals surface area contributed by atoms with Gasteiger partial charge in [-0.15, -0.1) is 11.8 Å². The van der Waals surface area contributed by atoms with Gasteiger partial charge in [0, 0.05) is 4.90 Å². The molecule has 0 aliphatic carbocycles. The number of nitrogens with zero attached hydrogens (tertiary/aromatic N) is 2. The van der Waals surface area contributed by atoms with Crippen LogP contribution in [0.4, 0.5) is 4.39 Å². The molecule has 1 aromatic heterocycles. The molecule has 0 spiro atoms. The van der Waals surface area contributed by atoms with Gasteiger partial charge in [-0.1, -0.05) is 32.0 Å². The Morgan fingerprint density at radius 3 is 2.80 bits per heavy atom. The second kappa shape index (κ2) is 5.93. The van der Waals surface area contributed by atoms with E-state index in [0.29, 0.717) is 17.5 Å². The fraction of sp³-hybridized carbons (Fsp3) is 0.429. The van der Waals surface area contributed by atoms with Gasteiger partial charge in [0.15, 0.2) is 5.82 Å². The van der Waals surface area contributed by atoms with E-state index in [1.54, 1.807) is 6.07 Å². The summed E-state index contributed by atoms with van der Waals surface area (Å²) < 4.78 is 18.2. The van der Waals surface area contributed by atoms with Gasteiger partial charge in [-0.2, -0.15) is 4.98 Å². The lowest BCUT2D eigenvalue weighted by Crippen LogP contribution is -2.26. The first-order chi connectivity index (χ1) is 9.36. The van der Waals surface area contributed by atoms with Crippen LogP contribution in [0, 0.1) is 11.2 Å². The largest absolute Gasteiger partial charge is 0.338 e. The zero-order valence-corrected chi connectivity index (χ0v) is 12.6. The molecule has 0 radical (unpaired) electrons. The Hall–Kier alpha value is -1.40. The first kappa shape index (κ1) is 15.0. The van der Waals surface area contributed by atoms with Crippen LogP contribution >= 0.6 is 11.8 Å². The van der Waals surface area contributed by atoms with Gasteiger partial charge in [0.1, 0.15) is 5.82 Å². The fourth-order valence-corrected chi connectivity index (χ4v) is 2.31. The first-order valence-corrected chi connectivity index (χ1v) is 7.31. The van der Waals surface area contributed by atoms with Crippen molar-refractivity contribution in [2.45, 2.75) is 37.5 Å². The number of hydrogen-bond acceptors (Lipinski definition) is 5. The molecule has 1 unspecified atom stereocenters. The second-order valence-electron chi connectivity index (χ2n) is 5.64. The number of halogens is 1. The van der Waals surface area contributed by atoms with Gasteiger partial charge in [-0.25, -0.2) is 4.39 Å². The Bertz CT molecular complexity index is 580. The van der Waals surface area contributed by atoms with Gasteiger partial charge in [0.2, 0.25) is 5.89 Å². The molecule has 1 atom stereocenters. The third kappa shape index (κ3) is 3.80. The molecule has 0 aliphatic rings. The Morgan fingerprint density at radius 2 is 2.15 bits per heavy atom. The molecular formula is C14H18FN3OS. The lowest BCUT2D eigenvalue weighted by atomic mass is 9.87. The van der Waals surface area contributed by atoms with Crippen molar-refractivity contribution in [2.75, 3.05) is 0 Å². The number of rotatable bonds is 4. The Morgan fingerprint density at radius 1 is 1.40 bits per heavy atom. The van der Waals surface area contributed by atoms with Crippen molar-refractivity contribution in [3.63, 3.8) is 0 Å². The van der Waals surface area contributed by atoms with Gasteiger partial charge in [0.05, 0.1) is 11.8 Å². The zero-order valence-electron chi connectivity index (χ0n) is 11.8. The predicted molar refractivity (Wildman–Crippen MR) is 76.6 cm³/mol.